The number of hydrogen-bond acceptors (Lipinski definition) is 7. The van der Waals surface area contributed by atoms with Crippen molar-refractivity contribution in [1.82, 2.24) is 14.5 Å². The van der Waals surface area contributed by atoms with E-state index in [1.807, 2.05) is 98.7 Å². The Balaban J connectivity index is 0.00000405. The Bertz CT molecular complexity index is 1740. The van der Waals surface area contributed by atoms with Crippen LogP contribution in [0.25, 0.3) is 16.6 Å². The molecule has 0 aliphatic carbocycles. The highest BCUT2D eigenvalue weighted by Crippen LogP contribution is 2.36. The van der Waals surface area contributed by atoms with Crippen LogP contribution >= 0.6 is 12.4 Å². The molecule has 0 spiro atoms. The molecule has 2 heterocycles. The molecule has 5 aromatic rings. The molecular formula is C33H32ClN5O3. The Morgan fingerprint density at radius 2 is 1.79 bits per heavy atom. The van der Waals surface area contributed by atoms with Gasteiger partial charge < -0.3 is 24.3 Å². The highest BCUT2D eigenvalue weighted by Gasteiger charge is 2.26. The summed E-state index contributed by atoms with van der Waals surface area (Å²) in [5.41, 5.74) is 5.91. The number of esters is 1. The lowest BCUT2D eigenvalue weighted by Crippen LogP contribution is -2.17. The van der Waals surface area contributed by atoms with Gasteiger partial charge in [0.15, 0.2) is 0 Å². The van der Waals surface area contributed by atoms with Gasteiger partial charge in [0.1, 0.15) is 17.4 Å². The van der Waals surface area contributed by atoms with Gasteiger partial charge in [-0.05, 0) is 76.5 Å². The highest BCUT2D eigenvalue weighted by atomic mass is 35.5. The van der Waals surface area contributed by atoms with Crippen LogP contribution in [0.4, 0.5) is 11.4 Å². The molecule has 42 heavy (non-hydrogen) atoms. The van der Waals surface area contributed by atoms with E-state index in [1.165, 1.54) is 0 Å². The number of fused-ring (bicyclic) bond motifs is 1. The van der Waals surface area contributed by atoms with Crippen LogP contribution < -0.4 is 10.1 Å². The van der Waals surface area contributed by atoms with Gasteiger partial charge in [-0.3, -0.25) is 0 Å². The van der Waals surface area contributed by atoms with Gasteiger partial charge in [0.25, 0.3) is 0 Å². The first-order valence-electron chi connectivity index (χ1n) is 13.3. The summed E-state index contributed by atoms with van der Waals surface area (Å²) in [6.07, 6.45) is 1.59. The number of rotatable bonds is 9. The van der Waals surface area contributed by atoms with Gasteiger partial charge in [0.2, 0.25) is 5.88 Å². The van der Waals surface area contributed by atoms with Gasteiger partial charge in [-0.25, -0.2) is 9.78 Å². The summed E-state index contributed by atoms with van der Waals surface area (Å²) in [6, 6.07) is 27.3. The minimum Gasteiger partial charge on any atom is -0.462 e. The molecule has 0 atom stereocenters. The first-order valence-corrected chi connectivity index (χ1v) is 13.3. The Kier molecular flexibility index (Phi) is 9.48. The van der Waals surface area contributed by atoms with Crippen molar-refractivity contribution < 1.29 is 14.3 Å². The Hall–Kier alpha value is -4.84. The number of nitriles is 1. The van der Waals surface area contributed by atoms with Crippen LogP contribution in [0, 0.1) is 18.3 Å². The number of benzene rings is 3. The van der Waals surface area contributed by atoms with Crippen molar-refractivity contribution in [3.8, 4) is 23.4 Å². The topological polar surface area (TPSA) is 92.4 Å². The maximum atomic E-state index is 13.4. The molecule has 0 saturated carbocycles. The third-order valence-electron chi connectivity index (χ3n) is 6.57. The molecule has 1 N–H and O–H groups in total. The highest BCUT2D eigenvalue weighted by molar-refractivity contribution is 6.07. The van der Waals surface area contributed by atoms with Crippen molar-refractivity contribution in [3.63, 3.8) is 0 Å². The van der Waals surface area contributed by atoms with Gasteiger partial charge in [-0.2, -0.15) is 5.26 Å². The maximum absolute atomic E-state index is 13.4. The van der Waals surface area contributed by atoms with Crippen LogP contribution in [0.3, 0.4) is 0 Å². The van der Waals surface area contributed by atoms with Crippen molar-refractivity contribution >= 4 is 40.7 Å². The zero-order chi connectivity index (χ0) is 28.9. The van der Waals surface area contributed by atoms with E-state index in [0.717, 1.165) is 28.1 Å². The number of aryl methyl sites for hydroxylation is 1. The first kappa shape index (κ1) is 30.1. The van der Waals surface area contributed by atoms with Gasteiger partial charge in [-0.1, -0.05) is 35.9 Å². The smallest absolute Gasteiger partial charge is 0.340 e. The van der Waals surface area contributed by atoms with E-state index in [4.69, 9.17) is 9.47 Å². The molecule has 5 rings (SSSR count). The zero-order valence-corrected chi connectivity index (χ0v) is 24.7. The number of halogens is 1. The second-order valence-corrected chi connectivity index (χ2v) is 9.87. The lowest BCUT2D eigenvalue weighted by atomic mass is 10.1. The number of anilines is 2. The second kappa shape index (κ2) is 13.2. The molecule has 0 bridgehead atoms. The molecule has 0 saturated heterocycles. The Labute approximate surface area is 251 Å². The van der Waals surface area contributed by atoms with Crippen LogP contribution in [-0.2, 0) is 11.3 Å². The number of para-hydroxylation sites is 1. The van der Waals surface area contributed by atoms with Crippen molar-refractivity contribution in [2.75, 3.05) is 26.0 Å². The fraction of sp³-hybridized carbons (Fsp3) is 0.182. The first-order chi connectivity index (χ1) is 19.9. The third kappa shape index (κ3) is 6.23. The van der Waals surface area contributed by atoms with E-state index in [1.54, 1.807) is 19.2 Å². The molecule has 214 valence electrons. The van der Waals surface area contributed by atoms with Gasteiger partial charge in [0, 0.05) is 29.5 Å². The molecule has 0 fully saturated rings. The fourth-order valence-corrected chi connectivity index (χ4v) is 4.78. The van der Waals surface area contributed by atoms with Crippen LogP contribution in [0.1, 0.15) is 34.1 Å². The van der Waals surface area contributed by atoms with Crippen molar-refractivity contribution in [1.29, 1.82) is 5.26 Å². The molecule has 9 heteroatoms. The average molecular weight is 582 g/mol. The molecule has 0 unspecified atom stereocenters. The average Bonchev–Trinajstić information content (AvgIpc) is 3.26. The summed E-state index contributed by atoms with van der Waals surface area (Å²) in [7, 11) is 3.93. The predicted molar refractivity (Wildman–Crippen MR) is 167 cm³/mol. The van der Waals surface area contributed by atoms with Crippen LogP contribution in [-0.4, -0.2) is 41.1 Å². The fourth-order valence-electron chi connectivity index (χ4n) is 4.78. The minimum atomic E-state index is -0.401. The van der Waals surface area contributed by atoms with Crippen LogP contribution in [0.2, 0.25) is 0 Å². The molecule has 0 amide bonds. The summed E-state index contributed by atoms with van der Waals surface area (Å²) < 4.78 is 13.8. The van der Waals surface area contributed by atoms with E-state index in [9.17, 15) is 10.1 Å². The lowest BCUT2D eigenvalue weighted by molar-refractivity contribution is 0.0526. The summed E-state index contributed by atoms with van der Waals surface area (Å²) in [5.74, 6) is 0.209. The molecule has 0 aliphatic heterocycles. The van der Waals surface area contributed by atoms with Gasteiger partial charge >= 0.3 is 5.97 Å². The summed E-state index contributed by atoms with van der Waals surface area (Å²) >= 11 is 0. The van der Waals surface area contributed by atoms with Crippen molar-refractivity contribution in [2.45, 2.75) is 20.4 Å². The number of aromatic nitrogens is 2. The maximum Gasteiger partial charge on any atom is 0.340 e. The zero-order valence-electron chi connectivity index (χ0n) is 23.9. The summed E-state index contributed by atoms with van der Waals surface area (Å²) in [5, 5.41) is 13.9. The number of nitrogens with zero attached hydrogens (tertiary/aromatic N) is 4. The Morgan fingerprint density at radius 3 is 2.45 bits per heavy atom. The standard InChI is InChI=1S/C33H31N5O3.ClH/c1-5-40-33(39)31-26-19-25(41-32-27(20-34)28(17-18-35-32)36-23-9-7-6-8-10-23)15-16-29(26)38(30(31)21-37(3)4)24-13-11-22(2)12-14-24;/h6-19H,5,21H2,1-4H3,(H,35,36);1H. The van der Waals surface area contributed by atoms with Gasteiger partial charge in [-0.15, -0.1) is 12.4 Å². The third-order valence-corrected chi connectivity index (χ3v) is 6.57. The van der Waals surface area contributed by atoms with E-state index < -0.39 is 5.97 Å². The predicted octanol–water partition coefficient (Wildman–Crippen LogP) is 7.40. The van der Waals surface area contributed by atoms with E-state index in [-0.39, 0.29) is 30.5 Å². The van der Waals surface area contributed by atoms with Crippen molar-refractivity contribution in [2.24, 2.45) is 0 Å². The SMILES string of the molecule is CCOC(=O)c1c(CN(C)C)n(-c2ccc(C)cc2)c2ccc(Oc3nccc(Nc4ccccc4)c3C#N)cc12.Cl. The van der Waals surface area contributed by atoms with E-state index in [2.05, 4.69) is 20.9 Å². The molecule has 3 aromatic carbocycles. The molecule has 0 radical (unpaired) electrons. The minimum absolute atomic E-state index is 0. The number of ether oxygens (including phenoxy) is 2. The summed E-state index contributed by atoms with van der Waals surface area (Å²) in [6.45, 7) is 4.60. The van der Waals surface area contributed by atoms with Crippen LogP contribution in [0.5, 0.6) is 11.6 Å². The van der Waals surface area contributed by atoms with E-state index >= 15 is 0 Å². The number of pyridine rings is 1. The largest absolute Gasteiger partial charge is 0.462 e. The molecular weight excluding hydrogens is 550 g/mol. The molecule has 2 aromatic heterocycles. The number of carbonyl (C=O) groups excluding carboxylic acids is 1. The monoisotopic (exact) mass is 581 g/mol. The number of nitrogens with one attached hydrogen (secondary N) is 1. The Morgan fingerprint density at radius 1 is 1.05 bits per heavy atom. The van der Waals surface area contributed by atoms with Gasteiger partial charge in [0.05, 0.1) is 29.1 Å². The molecule has 8 nitrogen and oxygen atoms in total. The molecule has 0 aliphatic rings. The van der Waals surface area contributed by atoms with Crippen LogP contribution in [0.15, 0.2) is 85.1 Å². The normalized spacial score (nSPS) is 10.7. The second-order valence-electron chi connectivity index (χ2n) is 9.87. The van der Waals surface area contributed by atoms with Crippen molar-refractivity contribution in [3.05, 3.63) is 107 Å². The number of hydrogen-bond donors (Lipinski definition) is 1. The lowest BCUT2D eigenvalue weighted by Gasteiger charge is -2.16. The summed E-state index contributed by atoms with van der Waals surface area (Å²) in [4.78, 5) is 19.8. The van der Waals surface area contributed by atoms with E-state index in [0.29, 0.717) is 28.9 Å². The quantitative estimate of drug-likeness (QED) is 0.181. The number of carbonyl (C=O) groups is 1.